The summed E-state index contributed by atoms with van der Waals surface area (Å²) in [6, 6.07) is 6.04. The smallest absolute Gasteiger partial charge is 0.159 e. The second kappa shape index (κ2) is 4.41. The van der Waals surface area contributed by atoms with E-state index in [1.807, 2.05) is 12.1 Å². The lowest BCUT2D eigenvalue weighted by Crippen LogP contribution is -1.99. The third-order valence-corrected chi connectivity index (χ3v) is 2.55. The van der Waals surface area contributed by atoms with Gasteiger partial charge >= 0.3 is 0 Å². The summed E-state index contributed by atoms with van der Waals surface area (Å²) in [5.41, 5.74) is 3.48. The molecule has 0 aliphatic carbocycles. The Balaban J connectivity index is 3.18. The average Bonchev–Trinajstić information content (AvgIpc) is 2.16. The first kappa shape index (κ1) is 11.0. The van der Waals surface area contributed by atoms with E-state index in [0.717, 1.165) is 12.0 Å². The molecule has 1 rings (SSSR count). The highest BCUT2D eigenvalue weighted by molar-refractivity contribution is 5.94. The van der Waals surface area contributed by atoms with Crippen LogP contribution in [0.1, 0.15) is 55.1 Å². The fraction of sp³-hybridized carbons (Fsp3) is 0.462. The Kier molecular flexibility index (Phi) is 3.45. The highest BCUT2D eigenvalue weighted by Gasteiger charge is 2.07. The van der Waals surface area contributed by atoms with Crippen molar-refractivity contribution < 1.29 is 4.79 Å². The predicted molar refractivity (Wildman–Crippen MR) is 59.9 cm³/mol. The van der Waals surface area contributed by atoms with Crippen molar-refractivity contribution in [1.82, 2.24) is 0 Å². The van der Waals surface area contributed by atoms with Gasteiger partial charge in [0.2, 0.25) is 0 Å². The van der Waals surface area contributed by atoms with Crippen molar-refractivity contribution in [2.24, 2.45) is 0 Å². The number of hydrogen-bond acceptors (Lipinski definition) is 1. The molecule has 0 radical (unpaired) electrons. The monoisotopic (exact) mass is 190 g/mol. The molecule has 0 aliphatic heterocycles. The minimum atomic E-state index is 0.148. The van der Waals surface area contributed by atoms with Crippen LogP contribution in [0, 0.1) is 0 Å². The maximum absolute atomic E-state index is 11.2. The van der Waals surface area contributed by atoms with Gasteiger partial charge in [0.1, 0.15) is 0 Å². The van der Waals surface area contributed by atoms with E-state index >= 15 is 0 Å². The maximum Gasteiger partial charge on any atom is 0.159 e. The summed E-state index contributed by atoms with van der Waals surface area (Å²) in [4.78, 5) is 11.2. The van der Waals surface area contributed by atoms with Crippen molar-refractivity contribution in [2.45, 2.75) is 40.0 Å². The SMILES string of the molecule is CCc1cc(C(C)=O)ccc1C(C)C. The maximum atomic E-state index is 11.2. The van der Waals surface area contributed by atoms with Crippen molar-refractivity contribution in [3.8, 4) is 0 Å². The number of rotatable bonds is 3. The normalized spacial score (nSPS) is 10.6. The van der Waals surface area contributed by atoms with Crippen LogP contribution < -0.4 is 0 Å². The predicted octanol–water partition coefficient (Wildman–Crippen LogP) is 3.58. The Morgan fingerprint density at radius 1 is 1.36 bits per heavy atom. The minimum Gasteiger partial charge on any atom is -0.295 e. The summed E-state index contributed by atoms with van der Waals surface area (Å²) in [5.74, 6) is 0.681. The van der Waals surface area contributed by atoms with Gasteiger partial charge in [-0.1, -0.05) is 32.9 Å². The van der Waals surface area contributed by atoms with Crippen LogP contribution in [0.4, 0.5) is 0 Å². The Bertz CT molecular complexity index is 337. The average molecular weight is 190 g/mol. The zero-order valence-corrected chi connectivity index (χ0v) is 9.42. The van der Waals surface area contributed by atoms with E-state index in [1.165, 1.54) is 11.1 Å². The second-order valence-corrected chi connectivity index (χ2v) is 3.98. The number of aryl methyl sites for hydroxylation is 1. The molecule has 76 valence electrons. The lowest BCUT2D eigenvalue weighted by molar-refractivity contribution is 0.101. The Morgan fingerprint density at radius 3 is 2.43 bits per heavy atom. The zero-order chi connectivity index (χ0) is 10.7. The van der Waals surface area contributed by atoms with Crippen molar-refractivity contribution in [1.29, 1.82) is 0 Å². The summed E-state index contributed by atoms with van der Waals surface area (Å²) in [5, 5.41) is 0. The van der Waals surface area contributed by atoms with E-state index in [0.29, 0.717) is 5.92 Å². The lowest BCUT2D eigenvalue weighted by Gasteiger charge is -2.12. The fourth-order valence-electron chi connectivity index (χ4n) is 1.69. The Morgan fingerprint density at radius 2 is 2.00 bits per heavy atom. The van der Waals surface area contributed by atoms with Gasteiger partial charge in [-0.15, -0.1) is 0 Å². The molecule has 0 saturated carbocycles. The molecule has 0 spiro atoms. The largest absolute Gasteiger partial charge is 0.295 e. The minimum absolute atomic E-state index is 0.148. The summed E-state index contributed by atoms with van der Waals surface area (Å²) < 4.78 is 0. The molecule has 0 aromatic heterocycles. The number of Topliss-reactive ketones (excluding diaryl/α,β-unsaturated/α-hetero) is 1. The molecule has 0 N–H and O–H groups in total. The summed E-state index contributed by atoms with van der Waals surface area (Å²) in [6.07, 6.45) is 0.995. The first-order valence-corrected chi connectivity index (χ1v) is 5.20. The van der Waals surface area contributed by atoms with Crippen LogP contribution in [-0.2, 0) is 6.42 Å². The van der Waals surface area contributed by atoms with E-state index in [4.69, 9.17) is 0 Å². The molecular formula is C13H18O. The Labute approximate surface area is 86.1 Å². The van der Waals surface area contributed by atoms with Crippen LogP contribution in [0.5, 0.6) is 0 Å². The van der Waals surface area contributed by atoms with E-state index in [2.05, 4.69) is 26.8 Å². The van der Waals surface area contributed by atoms with Crippen molar-refractivity contribution >= 4 is 5.78 Å². The third kappa shape index (κ3) is 2.22. The van der Waals surface area contributed by atoms with Gasteiger partial charge in [0.05, 0.1) is 0 Å². The molecule has 0 saturated heterocycles. The number of carbonyl (C=O) groups is 1. The number of hydrogen-bond donors (Lipinski definition) is 0. The Hall–Kier alpha value is -1.11. The van der Waals surface area contributed by atoms with E-state index in [1.54, 1.807) is 6.92 Å². The van der Waals surface area contributed by atoms with E-state index in [9.17, 15) is 4.79 Å². The second-order valence-electron chi connectivity index (χ2n) is 3.98. The van der Waals surface area contributed by atoms with Gasteiger partial charge < -0.3 is 0 Å². The van der Waals surface area contributed by atoms with Gasteiger partial charge in [-0.25, -0.2) is 0 Å². The summed E-state index contributed by atoms with van der Waals surface area (Å²) in [6.45, 7) is 8.11. The molecule has 1 nitrogen and oxygen atoms in total. The van der Waals surface area contributed by atoms with Crippen LogP contribution in [-0.4, -0.2) is 5.78 Å². The van der Waals surface area contributed by atoms with Gasteiger partial charge in [0.15, 0.2) is 5.78 Å². The highest BCUT2D eigenvalue weighted by atomic mass is 16.1. The molecule has 1 heteroatoms. The van der Waals surface area contributed by atoms with Gasteiger partial charge in [0.25, 0.3) is 0 Å². The van der Waals surface area contributed by atoms with Gasteiger partial charge in [-0.2, -0.15) is 0 Å². The molecule has 0 unspecified atom stereocenters. The van der Waals surface area contributed by atoms with Crippen LogP contribution in [0.2, 0.25) is 0 Å². The first-order chi connectivity index (χ1) is 6.56. The molecular weight excluding hydrogens is 172 g/mol. The number of benzene rings is 1. The van der Waals surface area contributed by atoms with Crippen LogP contribution in [0.3, 0.4) is 0 Å². The van der Waals surface area contributed by atoms with Crippen molar-refractivity contribution in [2.75, 3.05) is 0 Å². The van der Waals surface area contributed by atoms with Crippen LogP contribution in [0.25, 0.3) is 0 Å². The third-order valence-electron chi connectivity index (χ3n) is 2.55. The topological polar surface area (TPSA) is 17.1 Å². The molecule has 0 amide bonds. The molecule has 0 fully saturated rings. The first-order valence-electron chi connectivity index (χ1n) is 5.20. The summed E-state index contributed by atoms with van der Waals surface area (Å²) >= 11 is 0. The molecule has 14 heavy (non-hydrogen) atoms. The quantitative estimate of drug-likeness (QED) is 0.666. The van der Waals surface area contributed by atoms with Crippen molar-refractivity contribution in [3.05, 3.63) is 34.9 Å². The molecule has 0 aliphatic rings. The molecule has 0 heterocycles. The lowest BCUT2D eigenvalue weighted by atomic mass is 9.93. The van der Waals surface area contributed by atoms with E-state index < -0.39 is 0 Å². The molecule has 1 aromatic carbocycles. The molecule has 0 atom stereocenters. The molecule has 1 aromatic rings. The van der Waals surface area contributed by atoms with Crippen LogP contribution in [0.15, 0.2) is 18.2 Å². The van der Waals surface area contributed by atoms with Gasteiger partial charge in [-0.05, 0) is 36.5 Å². The van der Waals surface area contributed by atoms with Crippen LogP contribution >= 0.6 is 0 Å². The van der Waals surface area contributed by atoms with Gasteiger partial charge in [0, 0.05) is 5.56 Å². The molecule has 0 bridgehead atoms. The van der Waals surface area contributed by atoms with E-state index in [-0.39, 0.29) is 5.78 Å². The standard InChI is InChI=1S/C13H18O/c1-5-11-8-12(10(4)14)6-7-13(11)9(2)3/h6-9H,5H2,1-4H3. The van der Waals surface area contributed by atoms with Crippen molar-refractivity contribution in [3.63, 3.8) is 0 Å². The number of ketones is 1. The zero-order valence-electron chi connectivity index (χ0n) is 9.42. The highest BCUT2D eigenvalue weighted by Crippen LogP contribution is 2.21. The summed E-state index contributed by atoms with van der Waals surface area (Å²) in [7, 11) is 0. The number of carbonyl (C=O) groups excluding carboxylic acids is 1. The fourth-order valence-corrected chi connectivity index (χ4v) is 1.69. The van der Waals surface area contributed by atoms with Gasteiger partial charge in [-0.3, -0.25) is 4.79 Å².